The minimum Gasteiger partial charge on any atom is -0.480 e. The van der Waals surface area contributed by atoms with Crippen molar-refractivity contribution in [3.63, 3.8) is 0 Å². The van der Waals surface area contributed by atoms with Gasteiger partial charge >= 0.3 is 6.18 Å². The minimum absolute atomic E-state index is 0.354. The Hall–Kier alpha value is -2.58. The molecule has 1 amide bonds. The van der Waals surface area contributed by atoms with Crippen LogP contribution in [0.15, 0.2) is 36.9 Å². The van der Waals surface area contributed by atoms with Gasteiger partial charge in [-0.1, -0.05) is 12.1 Å². The van der Waals surface area contributed by atoms with Gasteiger partial charge in [0.05, 0.1) is 5.56 Å². The number of rotatable bonds is 7. The summed E-state index contributed by atoms with van der Waals surface area (Å²) >= 11 is 0. The van der Waals surface area contributed by atoms with Crippen LogP contribution < -0.4 is 10.1 Å². The number of aromatic nitrogens is 3. The Morgan fingerprint density at radius 2 is 2.12 bits per heavy atom. The number of para-hydroxylation sites is 1. The number of amides is 1. The molecule has 0 saturated heterocycles. The highest BCUT2D eigenvalue weighted by atomic mass is 19.4. The second kappa shape index (κ2) is 7.80. The van der Waals surface area contributed by atoms with E-state index in [-0.39, 0.29) is 5.75 Å². The van der Waals surface area contributed by atoms with Crippen LogP contribution in [0.2, 0.25) is 0 Å². The molecule has 0 aliphatic rings. The van der Waals surface area contributed by atoms with Crippen molar-refractivity contribution in [3.8, 4) is 5.75 Å². The summed E-state index contributed by atoms with van der Waals surface area (Å²) in [4.78, 5) is 15.7. The molecule has 1 aromatic carbocycles. The monoisotopic (exact) mass is 342 g/mol. The summed E-state index contributed by atoms with van der Waals surface area (Å²) in [5.74, 6) is -0.846. The first-order chi connectivity index (χ1) is 11.4. The van der Waals surface area contributed by atoms with Gasteiger partial charge in [-0.25, -0.2) is 4.98 Å². The smallest absolute Gasteiger partial charge is 0.419 e. The fourth-order valence-corrected chi connectivity index (χ4v) is 1.99. The molecule has 24 heavy (non-hydrogen) atoms. The van der Waals surface area contributed by atoms with Crippen molar-refractivity contribution in [2.75, 3.05) is 6.54 Å². The van der Waals surface area contributed by atoms with E-state index in [9.17, 15) is 18.0 Å². The average molecular weight is 342 g/mol. The lowest BCUT2D eigenvalue weighted by atomic mass is 10.2. The highest BCUT2D eigenvalue weighted by Crippen LogP contribution is 2.36. The number of alkyl halides is 3. The zero-order valence-electron chi connectivity index (χ0n) is 13.0. The third kappa shape index (κ3) is 4.97. The second-order valence-corrected chi connectivity index (χ2v) is 5.06. The Morgan fingerprint density at radius 3 is 2.79 bits per heavy atom. The molecule has 0 saturated carbocycles. The van der Waals surface area contributed by atoms with Crippen LogP contribution in [0.25, 0.3) is 0 Å². The number of aryl methyl sites for hydroxylation is 1. The standard InChI is InChI=1S/C15H17F3N4O2/c1-11(14(23)20-7-4-8-22-10-19-9-21-22)24-13-6-3-2-5-12(13)15(16,17)18/h2-3,5-6,9-11H,4,7-8H2,1H3,(H,20,23)/t11-/m0/s1. The zero-order chi connectivity index (χ0) is 17.6. The molecule has 2 rings (SSSR count). The van der Waals surface area contributed by atoms with E-state index in [2.05, 4.69) is 15.4 Å². The molecule has 0 radical (unpaired) electrons. The summed E-state index contributed by atoms with van der Waals surface area (Å²) < 4.78 is 45.5. The molecule has 0 unspecified atom stereocenters. The van der Waals surface area contributed by atoms with Crippen molar-refractivity contribution >= 4 is 5.91 Å². The van der Waals surface area contributed by atoms with Crippen LogP contribution in [0.4, 0.5) is 13.2 Å². The largest absolute Gasteiger partial charge is 0.480 e. The van der Waals surface area contributed by atoms with E-state index in [1.54, 1.807) is 11.0 Å². The van der Waals surface area contributed by atoms with Gasteiger partial charge in [-0.3, -0.25) is 9.48 Å². The molecule has 1 aromatic heterocycles. The van der Waals surface area contributed by atoms with Gasteiger partial charge in [0, 0.05) is 13.1 Å². The number of nitrogens with one attached hydrogen (secondary N) is 1. The molecule has 0 aliphatic heterocycles. The van der Waals surface area contributed by atoms with E-state index in [1.165, 1.54) is 31.5 Å². The lowest BCUT2D eigenvalue weighted by Gasteiger charge is -2.18. The predicted octanol–water partition coefficient (Wildman–Crippen LogP) is 2.27. The third-order valence-corrected chi connectivity index (χ3v) is 3.20. The molecule has 1 atom stereocenters. The van der Waals surface area contributed by atoms with E-state index in [1.807, 2.05) is 0 Å². The quantitative estimate of drug-likeness (QED) is 0.784. The van der Waals surface area contributed by atoms with Gasteiger partial charge in [0.1, 0.15) is 18.4 Å². The Balaban J connectivity index is 1.83. The van der Waals surface area contributed by atoms with Crippen molar-refractivity contribution < 1.29 is 22.7 Å². The fourth-order valence-electron chi connectivity index (χ4n) is 1.99. The first-order valence-electron chi connectivity index (χ1n) is 7.31. The van der Waals surface area contributed by atoms with E-state index in [0.29, 0.717) is 19.5 Å². The number of hydrogen-bond donors (Lipinski definition) is 1. The van der Waals surface area contributed by atoms with Crippen molar-refractivity contribution in [1.29, 1.82) is 0 Å². The molecule has 6 nitrogen and oxygen atoms in total. The summed E-state index contributed by atoms with van der Waals surface area (Å²) in [7, 11) is 0. The maximum atomic E-state index is 12.9. The van der Waals surface area contributed by atoms with Crippen LogP contribution in [0.1, 0.15) is 18.9 Å². The molecule has 1 N–H and O–H groups in total. The molecule has 2 aromatic rings. The van der Waals surface area contributed by atoms with Crippen LogP contribution in [-0.4, -0.2) is 33.3 Å². The van der Waals surface area contributed by atoms with E-state index in [4.69, 9.17) is 4.74 Å². The number of nitrogens with zero attached hydrogens (tertiary/aromatic N) is 3. The normalized spacial score (nSPS) is 12.7. The number of carbonyl (C=O) groups is 1. The molecule has 1 heterocycles. The summed E-state index contributed by atoms with van der Waals surface area (Å²) in [6.07, 6.45) is -2.00. The van der Waals surface area contributed by atoms with E-state index >= 15 is 0 Å². The van der Waals surface area contributed by atoms with Crippen LogP contribution >= 0.6 is 0 Å². The van der Waals surface area contributed by atoms with E-state index < -0.39 is 23.8 Å². The number of benzene rings is 1. The first kappa shape index (κ1) is 17.8. The lowest BCUT2D eigenvalue weighted by molar-refractivity contribution is -0.140. The summed E-state index contributed by atoms with van der Waals surface area (Å²) in [6.45, 7) is 2.33. The lowest BCUT2D eigenvalue weighted by Crippen LogP contribution is -2.37. The van der Waals surface area contributed by atoms with Crippen LogP contribution in [0.5, 0.6) is 5.75 Å². The van der Waals surface area contributed by atoms with Gasteiger partial charge in [0.15, 0.2) is 6.10 Å². The van der Waals surface area contributed by atoms with Crippen LogP contribution in [0, 0.1) is 0 Å². The van der Waals surface area contributed by atoms with Gasteiger partial charge < -0.3 is 10.1 Å². The van der Waals surface area contributed by atoms with Crippen molar-refractivity contribution in [2.24, 2.45) is 0 Å². The topological polar surface area (TPSA) is 69.0 Å². The second-order valence-electron chi connectivity index (χ2n) is 5.06. The fraction of sp³-hybridized carbons (Fsp3) is 0.400. The Morgan fingerprint density at radius 1 is 1.38 bits per heavy atom. The number of ether oxygens (including phenoxy) is 1. The summed E-state index contributed by atoms with van der Waals surface area (Å²) in [5, 5.41) is 6.53. The number of halogens is 3. The maximum Gasteiger partial charge on any atom is 0.419 e. The maximum absolute atomic E-state index is 12.9. The highest BCUT2D eigenvalue weighted by Gasteiger charge is 2.34. The minimum atomic E-state index is -4.54. The average Bonchev–Trinajstić information content (AvgIpc) is 3.04. The summed E-state index contributed by atoms with van der Waals surface area (Å²) in [5.41, 5.74) is -0.907. The molecule has 130 valence electrons. The molecular weight excluding hydrogens is 325 g/mol. The molecule has 0 aliphatic carbocycles. The molecule has 0 spiro atoms. The number of carbonyl (C=O) groups excluding carboxylic acids is 1. The Kier molecular flexibility index (Phi) is 5.78. The van der Waals surface area contributed by atoms with Gasteiger partial charge in [0.2, 0.25) is 0 Å². The van der Waals surface area contributed by atoms with Gasteiger partial charge in [0.25, 0.3) is 5.91 Å². The van der Waals surface area contributed by atoms with Crippen LogP contribution in [0.3, 0.4) is 0 Å². The van der Waals surface area contributed by atoms with E-state index in [0.717, 1.165) is 6.07 Å². The van der Waals surface area contributed by atoms with Crippen molar-refractivity contribution in [1.82, 2.24) is 20.1 Å². The van der Waals surface area contributed by atoms with Gasteiger partial charge in [-0.15, -0.1) is 0 Å². The molecular formula is C15H17F3N4O2. The van der Waals surface area contributed by atoms with Gasteiger partial charge in [-0.05, 0) is 25.5 Å². The van der Waals surface area contributed by atoms with Crippen LogP contribution in [-0.2, 0) is 17.5 Å². The third-order valence-electron chi connectivity index (χ3n) is 3.20. The number of hydrogen-bond acceptors (Lipinski definition) is 4. The Labute approximate surface area is 136 Å². The summed E-state index contributed by atoms with van der Waals surface area (Å²) in [6, 6.07) is 4.80. The molecule has 9 heteroatoms. The van der Waals surface area contributed by atoms with Crippen molar-refractivity contribution in [2.45, 2.75) is 32.2 Å². The first-order valence-corrected chi connectivity index (χ1v) is 7.31. The molecule has 0 bridgehead atoms. The SMILES string of the molecule is C[C@H](Oc1ccccc1C(F)(F)F)C(=O)NCCCn1cncn1. The van der Waals surface area contributed by atoms with Crippen molar-refractivity contribution in [3.05, 3.63) is 42.5 Å². The Bertz CT molecular complexity index is 659. The highest BCUT2D eigenvalue weighted by molar-refractivity contribution is 5.80. The van der Waals surface area contributed by atoms with Gasteiger partial charge in [-0.2, -0.15) is 18.3 Å². The molecule has 0 fully saturated rings. The zero-order valence-corrected chi connectivity index (χ0v) is 13.0. The predicted molar refractivity (Wildman–Crippen MR) is 79.2 cm³/mol.